The van der Waals surface area contributed by atoms with Gasteiger partial charge in [0.1, 0.15) is 5.82 Å². The van der Waals surface area contributed by atoms with Crippen molar-refractivity contribution in [1.82, 2.24) is 5.32 Å². The van der Waals surface area contributed by atoms with Crippen LogP contribution < -0.4 is 5.32 Å². The average molecular weight is 230 g/mol. The van der Waals surface area contributed by atoms with Crippen LogP contribution in [0.3, 0.4) is 0 Å². The van der Waals surface area contributed by atoms with Gasteiger partial charge in [-0.15, -0.1) is 0 Å². The van der Waals surface area contributed by atoms with Crippen molar-refractivity contribution in [3.8, 4) is 0 Å². The highest BCUT2D eigenvalue weighted by atomic mass is 35.5. The lowest BCUT2D eigenvalue weighted by Crippen LogP contribution is -2.16. The van der Waals surface area contributed by atoms with E-state index in [9.17, 15) is 4.39 Å². The number of halogens is 2. The fourth-order valence-corrected chi connectivity index (χ4v) is 1.39. The Balaban J connectivity index is 2.35. The molecule has 15 heavy (non-hydrogen) atoms. The Morgan fingerprint density at radius 3 is 2.73 bits per heavy atom. The van der Waals surface area contributed by atoms with Gasteiger partial charge in [0.25, 0.3) is 0 Å². The molecule has 1 aromatic carbocycles. The van der Waals surface area contributed by atoms with Crippen LogP contribution in [0.5, 0.6) is 0 Å². The third-order valence-electron chi connectivity index (χ3n) is 2.21. The average Bonchev–Trinajstić information content (AvgIpc) is 2.18. The highest BCUT2D eigenvalue weighted by molar-refractivity contribution is 6.30. The van der Waals surface area contributed by atoms with Gasteiger partial charge in [-0.2, -0.15) is 0 Å². The molecule has 0 fully saturated rings. The van der Waals surface area contributed by atoms with Crippen LogP contribution in [0.15, 0.2) is 18.2 Å². The number of benzene rings is 1. The van der Waals surface area contributed by atoms with E-state index < -0.39 is 0 Å². The molecule has 0 atom stereocenters. The molecule has 1 N–H and O–H groups in total. The van der Waals surface area contributed by atoms with Crippen molar-refractivity contribution in [2.45, 2.75) is 26.8 Å². The maximum absolute atomic E-state index is 13.1. The molecule has 0 amide bonds. The van der Waals surface area contributed by atoms with Gasteiger partial charge >= 0.3 is 0 Å². The van der Waals surface area contributed by atoms with E-state index in [1.54, 1.807) is 6.07 Å². The summed E-state index contributed by atoms with van der Waals surface area (Å²) in [5, 5.41) is 3.45. The van der Waals surface area contributed by atoms with E-state index in [0.29, 0.717) is 12.5 Å². The van der Waals surface area contributed by atoms with Crippen molar-refractivity contribution in [3.63, 3.8) is 0 Å². The number of hydrogen-bond donors (Lipinski definition) is 1. The standard InChI is InChI=1S/C12H17ClFN/c1-9(2)5-6-15-8-10-3-4-11(13)12(14)7-10/h3-4,7,9,15H,5-6,8H2,1-2H3. The van der Waals surface area contributed by atoms with E-state index in [1.807, 2.05) is 6.07 Å². The second-order valence-electron chi connectivity index (χ2n) is 4.11. The number of nitrogens with one attached hydrogen (secondary N) is 1. The van der Waals surface area contributed by atoms with E-state index in [-0.39, 0.29) is 10.8 Å². The summed E-state index contributed by atoms with van der Waals surface area (Å²) in [6.07, 6.45) is 1.13. The highest BCUT2D eigenvalue weighted by Gasteiger charge is 2.00. The minimum atomic E-state index is -0.347. The molecule has 84 valence electrons. The van der Waals surface area contributed by atoms with Crippen molar-refractivity contribution in [3.05, 3.63) is 34.6 Å². The molecular formula is C12H17ClFN. The summed E-state index contributed by atoms with van der Waals surface area (Å²) >= 11 is 5.59. The summed E-state index contributed by atoms with van der Waals surface area (Å²) in [5.74, 6) is 0.347. The summed E-state index contributed by atoms with van der Waals surface area (Å²) in [6.45, 7) is 6.02. The lowest BCUT2D eigenvalue weighted by Gasteiger charge is -2.07. The molecule has 1 rings (SSSR count). The first-order valence-corrected chi connectivity index (χ1v) is 5.62. The first kappa shape index (κ1) is 12.5. The van der Waals surface area contributed by atoms with Crippen molar-refractivity contribution in [2.75, 3.05) is 6.54 Å². The van der Waals surface area contributed by atoms with Crippen molar-refractivity contribution in [2.24, 2.45) is 5.92 Å². The Morgan fingerprint density at radius 1 is 1.40 bits per heavy atom. The lowest BCUT2D eigenvalue weighted by molar-refractivity contribution is 0.536. The van der Waals surface area contributed by atoms with Gasteiger partial charge < -0.3 is 5.32 Å². The Labute approximate surface area is 95.6 Å². The maximum atomic E-state index is 13.1. The molecule has 0 unspecified atom stereocenters. The quantitative estimate of drug-likeness (QED) is 0.761. The van der Waals surface area contributed by atoms with Gasteiger partial charge in [0.15, 0.2) is 0 Å². The molecule has 0 aliphatic heterocycles. The van der Waals surface area contributed by atoms with Gasteiger partial charge in [-0.25, -0.2) is 4.39 Å². The predicted octanol–water partition coefficient (Wildman–Crippen LogP) is 3.61. The summed E-state index contributed by atoms with van der Waals surface area (Å²) in [6, 6.07) is 4.91. The second kappa shape index (κ2) is 6.09. The van der Waals surface area contributed by atoms with Crippen LogP contribution in [-0.2, 0) is 6.54 Å². The molecule has 0 heterocycles. The molecular weight excluding hydrogens is 213 g/mol. The van der Waals surface area contributed by atoms with Gasteiger partial charge in [0.2, 0.25) is 0 Å². The zero-order chi connectivity index (χ0) is 11.3. The summed E-state index contributed by atoms with van der Waals surface area (Å²) in [7, 11) is 0. The highest BCUT2D eigenvalue weighted by Crippen LogP contribution is 2.15. The molecule has 0 aromatic heterocycles. The Bertz CT molecular complexity index is 312. The van der Waals surface area contributed by atoms with Crippen molar-refractivity contribution in [1.29, 1.82) is 0 Å². The predicted molar refractivity (Wildman–Crippen MR) is 62.6 cm³/mol. The van der Waals surface area contributed by atoms with Crippen LogP contribution >= 0.6 is 11.6 Å². The zero-order valence-corrected chi connectivity index (χ0v) is 9.94. The maximum Gasteiger partial charge on any atom is 0.142 e. The smallest absolute Gasteiger partial charge is 0.142 e. The second-order valence-corrected chi connectivity index (χ2v) is 4.51. The Kier molecular flexibility index (Phi) is 5.06. The Morgan fingerprint density at radius 2 is 2.13 bits per heavy atom. The summed E-state index contributed by atoms with van der Waals surface area (Å²) < 4.78 is 13.1. The number of hydrogen-bond acceptors (Lipinski definition) is 1. The summed E-state index contributed by atoms with van der Waals surface area (Å²) in [4.78, 5) is 0. The van der Waals surface area contributed by atoms with Crippen molar-refractivity contribution < 1.29 is 4.39 Å². The summed E-state index contributed by atoms with van der Waals surface area (Å²) in [5.41, 5.74) is 0.931. The van der Waals surface area contributed by atoms with E-state index in [2.05, 4.69) is 19.2 Å². The van der Waals surface area contributed by atoms with E-state index >= 15 is 0 Å². The molecule has 0 saturated carbocycles. The topological polar surface area (TPSA) is 12.0 Å². The number of rotatable bonds is 5. The normalized spacial score (nSPS) is 11.0. The fraction of sp³-hybridized carbons (Fsp3) is 0.500. The van der Waals surface area contributed by atoms with Crippen LogP contribution in [-0.4, -0.2) is 6.54 Å². The van der Waals surface area contributed by atoms with Gasteiger partial charge in [0.05, 0.1) is 5.02 Å². The molecule has 0 bridgehead atoms. The molecule has 0 aliphatic carbocycles. The third-order valence-corrected chi connectivity index (χ3v) is 2.52. The van der Waals surface area contributed by atoms with Gasteiger partial charge in [-0.1, -0.05) is 31.5 Å². The van der Waals surface area contributed by atoms with Gasteiger partial charge in [-0.3, -0.25) is 0 Å². The van der Waals surface area contributed by atoms with Crippen LogP contribution in [0.25, 0.3) is 0 Å². The molecule has 1 nitrogen and oxygen atoms in total. The van der Waals surface area contributed by atoms with E-state index in [4.69, 9.17) is 11.6 Å². The monoisotopic (exact) mass is 229 g/mol. The van der Waals surface area contributed by atoms with Crippen LogP contribution in [0, 0.1) is 11.7 Å². The minimum Gasteiger partial charge on any atom is -0.313 e. The molecule has 0 aliphatic rings. The Hall–Kier alpha value is -0.600. The molecule has 0 spiro atoms. The van der Waals surface area contributed by atoms with Crippen molar-refractivity contribution >= 4 is 11.6 Å². The van der Waals surface area contributed by atoms with Gasteiger partial charge in [-0.05, 0) is 36.6 Å². The molecule has 0 saturated heterocycles. The minimum absolute atomic E-state index is 0.181. The largest absolute Gasteiger partial charge is 0.313 e. The zero-order valence-electron chi connectivity index (χ0n) is 9.19. The fourth-order valence-electron chi connectivity index (χ4n) is 1.27. The van der Waals surface area contributed by atoms with E-state index in [1.165, 1.54) is 6.07 Å². The van der Waals surface area contributed by atoms with Crippen LogP contribution in [0.2, 0.25) is 5.02 Å². The van der Waals surface area contributed by atoms with Gasteiger partial charge in [0, 0.05) is 6.54 Å². The molecule has 3 heteroatoms. The third kappa shape index (κ3) is 4.63. The molecule has 0 radical (unpaired) electrons. The van der Waals surface area contributed by atoms with Crippen LogP contribution in [0.4, 0.5) is 4.39 Å². The van der Waals surface area contributed by atoms with E-state index in [0.717, 1.165) is 18.5 Å². The molecule has 1 aromatic rings. The first-order chi connectivity index (χ1) is 7.09. The van der Waals surface area contributed by atoms with Crippen LogP contribution in [0.1, 0.15) is 25.8 Å². The SMILES string of the molecule is CC(C)CCNCc1ccc(Cl)c(F)c1. The lowest BCUT2D eigenvalue weighted by atomic mass is 10.1. The first-order valence-electron chi connectivity index (χ1n) is 5.24.